The molecule has 3 saturated carbocycles. The average molecular weight is 206 g/mol. The van der Waals surface area contributed by atoms with Gasteiger partial charge in [0.15, 0.2) is 0 Å². The number of rotatable bonds is 0. The minimum Gasteiger partial charge on any atom is -0.0619 e. The summed E-state index contributed by atoms with van der Waals surface area (Å²) in [4.78, 5) is 0. The maximum Gasteiger partial charge on any atom is -0.0210 e. The van der Waals surface area contributed by atoms with Gasteiger partial charge in [0, 0.05) is 0 Å². The van der Waals surface area contributed by atoms with Gasteiger partial charge in [-0.3, -0.25) is 0 Å². The first-order valence-electron chi connectivity index (χ1n) is 6.81. The number of fused-ring (bicyclic) bond motifs is 3. The van der Waals surface area contributed by atoms with Gasteiger partial charge in [-0.2, -0.15) is 0 Å². The third-order valence-electron chi connectivity index (χ3n) is 8.07. The van der Waals surface area contributed by atoms with Crippen molar-refractivity contribution < 1.29 is 0 Å². The molecule has 0 heteroatoms. The molecule has 0 amide bonds. The van der Waals surface area contributed by atoms with Gasteiger partial charge in [0.05, 0.1) is 0 Å². The summed E-state index contributed by atoms with van der Waals surface area (Å²) < 4.78 is 0. The Kier molecular flexibility index (Phi) is 1.57. The van der Waals surface area contributed by atoms with Crippen LogP contribution in [0, 0.1) is 39.9 Å². The second kappa shape index (κ2) is 2.31. The van der Waals surface area contributed by atoms with E-state index in [1.807, 2.05) is 0 Å². The van der Waals surface area contributed by atoms with Crippen molar-refractivity contribution in [3.63, 3.8) is 0 Å². The van der Waals surface area contributed by atoms with Crippen molar-refractivity contribution in [2.75, 3.05) is 0 Å². The van der Waals surface area contributed by atoms with E-state index in [1.54, 1.807) is 0 Å². The molecule has 0 aromatic rings. The molecule has 15 heavy (non-hydrogen) atoms. The van der Waals surface area contributed by atoms with Gasteiger partial charge in [-0.15, -0.1) is 0 Å². The molecule has 0 nitrogen and oxygen atoms in total. The van der Waals surface area contributed by atoms with E-state index in [-0.39, 0.29) is 0 Å². The highest BCUT2D eigenvalue weighted by molar-refractivity contribution is 5.26. The maximum absolute atomic E-state index is 2.60. The van der Waals surface area contributed by atoms with Crippen LogP contribution in [0.3, 0.4) is 0 Å². The van der Waals surface area contributed by atoms with Gasteiger partial charge in [0.1, 0.15) is 0 Å². The Morgan fingerprint density at radius 3 is 2.07 bits per heavy atom. The van der Waals surface area contributed by atoms with Crippen LogP contribution in [0.5, 0.6) is 0 Å². The van der Waals surface area contributed by atoms with Crippen molar-refractivity contribution in [1.29, 1.82) is 0 Å². The highest BCUT2D eigenvalue weighted by Gasteiger charge is 2.78. The van der Waals surface area contributed by atoms with Crippen molar-refractivity contribution >= 4 is 0 Å². The van der Waals surface area contributed by atoms with Gasteiger partial charge in [0.2, 0.25) is 0 Å². The summed E-state index contributed by atoms with van der Waals surface area (Å²) >= 11 is 0. The normalized spacial score (nSPS) is 71.6. The minimum absolute atomic E-state index is 0.615. The zero-order chi connectivity index (χ0) is 11.2. The first-order chi connectivity index (χ1) is 6.81. The van der Waals surface area contributed by atoms with Crippen molar-refractivity contribution in [3.8, 4) is 0 Å². The van der Waals surface area contributed by atoms with E-state index < -0.39 is 0 Å². The Morgan fingerprint density at radius 1 is 0.933 bits per heavy atom. The average Bonchev–Trinajstić information content (AvgIpc) is 2.58. The SMILES string of the molecule is CC1C(C)C2(C)C(C)C13CC(C)C2(C)C3. The highest BCUT2D eigenvalue weighted by atomic mass is 14.8. The summed E-state index contributed by atoms with van der Waals surface area (Å²) in [5.41, 5.74) is 1.96. The van der Waals surface area contributed by atoms with Gasteiger partial charge >= 0.3 is 0 Å². The Balaban J connectivity index is 2.22. The molecule has 0 heterocycles. The molecule has 3 rings (SSSR count). The molecule has 0 N–H and O–H groups in total. The maximum atomic E-state index is 2.60. The minimum atomic E-state index is 0.615. The first-order valence-corrected chi connectivity index (χ1v) is 6.81. The lowest BCUT2D eigenvalue weighted by Crippen LogP contribution is -2.44. The van der Waals surface area contributed by atoms with Crippen molar-refractivity contribution in [1.82, 2.24) is 0 Å². The molecule has 7 unspecified atom stereocenters. The smallest absolute Gasteiger partial charge is 0.0210 e. The van der Waals surface area contributed by atoms with Crippen LogP contribution in [0.1, 0.15) is 54.4 Å². The lowest BCUT2D eigenvalue weighted by molar-refractivity contribution is -0.0223. The topological polar surface area (TPSA) is 0 Å². The molecule has 7 atom stereocenters. The second-order valence-corrected chi connectivity index (χ2v) is 7.51. The summed E-state index contributed by atoms with van der Waals surface area (Å²) in [5.74, 6) is 3.79. The van der Waals surface area contributed by atoms with Gasteiger partial charge in [0.25, 0.3) is 0 Å². The van der Waals surface area contributed by atoms with Gasteiger partial charge < -0.3 is 0 Å². The van der Waals surface area contributed by atoms with E-state index in [1.165, 1.54) is 12.8 Å². The van der Waals surface area contributed by atoms with Gasteiger partial charge in [-0.05, 0) is 52.8 Å². The fourth-order valence-electron chi connectivity index (χ4n) is 6.54. The summed E-state index contributed by atoms with van der Waals surface area (Å²) in [5, 5.41) is 0. The molecule has 0 aliphatic heterocycles. The Labute approximate surface area is 94.8 Å². The highest BCUT2D eigenvalue weighted by Crippen LogP contribution is 2.84. The number of hydrogen-bond acceptors (Lipinski definition) is 0. The van der Waals surface area contributed by atoms with E-state index in [4.69, 9.17) is 0 Å². The third-order valence-corrected chi connectivity index (χ3v) is 8.07. The zero-order valence-electron chi connectivity index (χ0n) is 11.2. The monoisotopic (exact) mass is 206 g/mol. The van der Waals surface area contributed by atoms with E-state index in [0.717, 1.165) is 23.7 Å². The predicted octanol–water partition coefficient (Wildman–Crippen LogP) is 4.35. The van der Waals surface area contributed by atoms with Crippen LogP contribution in [0.15, 0.2) is 0 Å². The summed E-state index contributed by atoms with van der Waals surface area (Å²) in [7, 11) is 0. The van der Waals surface area contributed by atoms with Crippen LogP contribution in [-0.4, -0.2) is 0 Å². The molecule has 0 aromatic carbocycles. The first kappa shape index (κ1) is 10.2. The van der Waals surface area contributed by atoms with E-state index in [2.05, 4.69) is 41.5 Å². The van der Waals surface area contributed by atoms with Crippen LogP contribution in [-0.2, 0) is 0 Å². The second-order valence-electron chi connectivity index (χ2n) is 7.51. The molecule has 86 valence electrons. The Bertz CT molecular complexity index is 320. The quantitative estimate of drug-likeness (QED) is 0.553. The summed E-state index contributed by atoms with van der Waals surface area (Å²) in [6.07, 6.45) is 3.02. The van der Waals surface area contributed by atoms with Crippen LogP contribution in [0.2, 0.25) is 0 Å². The van der Waals surface area contributed by atoms with Crippen LogP contribution < -0.4 is 0 Å². The van der Waals surface area contributed by atoms with Crippen LogP contribution in [0.4, 0.5) is 0 Å². The van der Waals surface area contributed by atoms with Crippen molar-refractivity contribution in [2.45, 2.75) is 54.4 Å². The fourth-order valence-corrected chi connectivity index (χ4v) is 6.54. The Morgan fingerprint density at radius 2 is 1.53 bits per heavy atom. The lowest BCUT2D eigenvalue weighted by atomic mass is 9.54. The molecule has 1 spiro atoms. The molecular weight excluding hydrogens is 180 g/mol. The van der Waals surface area contributed by atoms with Gasteiger partial charge in [-0.1, -0.05) is 41.5 Å². The standard InChI is InChI=1S/C15H26/c1-9-7-15-8-13(9,5)14(6,12(15)4)10(2)11(15)3/h9-12H,7-8H2,1-6H3. The van der Waals surface area contributed by atoms with E-state index >= 15 is 0 Å². The molecule has 3 aliphatic rings. The summed E-state index contributed by atoms with van der Waals surface area (Å²) in [6.45, 7) is 15.3. The Hall–Kier alpha value is 0. The summed E-state index contributed by atoms with van der Waals surface area (Å²) in [6, 6.07) is 0. The molecule has 3 aliphatic carbocycles. The van der Waals surface area contributed by atoms with Crippen LogP contribution in [0.25, 0.3) is 0 Å². The van der Waals surface area contributed by atoms with Gasteiger partial charge in [-0.25, -0.2) is 0 Å². The molecule has 0 radical (unpaired) electrons. The van der Waals surface area contributed by atoms with Crippen molar-refractivity contribution in [2.24, 2.45) is 39.9 Å². The van der Waals surface area contributed by atoms with Crippen LogP contribution >= 0.6 is 0 Å². The molecular formula is C15H26. The predicted molar refractivity (Wildman–Crippen MR) is 64.5 cm³/mol. The fraction of sp³-hybridized carbons (Fsp3) is 1.00. The van der Waals surface area contributed by atoms with E-state index in [0.29, 0.717) is 16.2 Å². The molecule has 3 bridgehead atoms. The number of hydrogen-bond donors (Lipinski definition) is 0. The lowest BCUT2D eigenvalue weighted by Gasteiger charge is -2.50. The van der Waals surface area contributed by atoms with E-state index in [9.17, 15) is 0 Å². The molecule has 0 aromatic heterocycles. The molecule has 0 saturated heterocycles. The molecule has 3 fully saturated rings. The third kappa shape index (κ3) is 0.691. The zero-order valence-corrected chi connectivity index (χ0v) is 11.2. The largest absolute Gasteiger partial charge is 0.0619 e. The van der Waals surface area contributed by atoms with Crippen molar-refractivity contribution in [3.05, 3.63) is 0 Å².